The molecule has 1 aromatic rings. The lowest BCUT2D eigenvalue weighted by Crippen LogP contribution is -2.20. The zero-order chi connectivity index (χ0) is 12.1. The van der Waals surface area contributed by atoms with Crippen LogP contribution in [0.15, 0.2) is 22.7 Å². The highest BCUT2D eigenvalue weighted by Gasteiger charge is 2.11. The van der Waals surface area contributed by atoms with Gasteiger partial charge in [0.25, 0.3) is 0 Å². The van der Waals surface area contributed by atoms with Gasteiger partial charge in [0, 0.05) is 16.2 Å². The summed E-state index contributed by atoms with van der Waals surface area (Å²) in [6.07, 6.45) is 9.68. The first kappa shape index (κ1) is 12.9. The van der Waals surface area contributed by atoms with Crippen LogP contribution in [0, 0.1) is 6.92 Å². The van der Waals surface area contributed by atoms with Crippen molar-refractivity contribution in [3.63, 3.8) is 0 Å². The highest BCUT2D eigenvalue weighted by Crippen LogP contribution is 2.24. The Bertz CT molecular complexity index is 354. The third-order valence-corrected chi connectivity index (χ3v) is 4.52. The van der Waals surface area contributed by atoms with Gasteiger partial charge in [0.2, 0.25) is 0 Å². The molecule has 0 unspecified atom stereocenters. The summed E-state index contributed by atoms with van der Waals surface area (Å²) < 4.78 is 1.20. The number of hydrogen-bond acceptors (Lipinski definition) is 1. The molecule has 1 fully saturated rings. The van der Waals surface area contributed by atoms with Gasteiger partial charge < -0.3 is 5.32 Å². The monoisotopic (exact) mass is 295 g/mol. The number of benzene rings is 1. The fourth-order valence-electron chi connectivity index (χ4n) is 2.57. The van der Waals surface area contributed by atoms with Crippen molar-refractivity contribution in [1.82, 2.24) is 0 Å². The molecule has 1 aliphatic carbocycles. The maximum absolute atomic E-state index is 3.70. The van der Waals surface area contributed by atoms with E-state index in [1.54, 1.807) is 0 Å². The maximum atomic E-state index is 3.70. The van der Waals surface area contributed by atoms with Gasteiger partial charge in [0.05, 0.1) is 0 Å². The van der Waals surface area contributed by atoms with Gasteiger partial charge in [0.1, 0.15) is 0 Å². The topological polar surface area (TPSA) is 12.0 Å². The van der Waals surface area contributed by atoms with Crippen molar-refractivity contribution in [2.24, 2.45) is 0 Å². The summed E-state index contributed by atoms with van der Waals surface area (Å²) in [6, 6.07) is 7.23. The van der Waals surface area contributed by atoms with E-state index in [-0.39, 0.29) is 0 Å². The molecule has 0 radical (unpaired) electrons. The van der Waals surface area contributed by atoms with Gasteiger partial charge in [-0.05, 0) is 43.5 Å². The normalized spacial score (nSPS) is 18.5. The van der Waals surface area contributed by atoms with E-state index in [4.69, 9.17) is 0 Å². The summed E-state index contributed by atoms with van der Waals surface area (Å²) in [6.45, 7) is 2.15. The van der Waals surface area contributed by atoms with E-state index in [0.29, 0.717) is 6.04 Å². The highest BCUT2D eigenvalue weighted by molar-refractivity contribution is 9.10. The van der Waals surface area contributed by atoms with Crippen molar-refractivity contribution in [2.75, 3.05) is 5.32 Å². The van der Waals surface area contributed by atoms with E-state index >= 15 is 0 Å². The third kappa shape index (κ3) is 4.02. The van der Waals surface area contributed by atoms with Crippen LogP contribution in [0.25, 0.3) is 0 Å². The first-order valence-corrected chi connectivity index (χ1v) is 7.58. The molecule has 0 bridgehead atoms. The summed E-state index contributed by atoms with van der Waals surface area (Å²) in [5, 5.41) is 3.70. The minimum atomic E-state index is 0.677. The van der Waals surface area contributed by atoms with Crippen molar-refractivity contribution >= 4 is 21.6 Å². The minimum absolute atomic E-state index is 0.677. The zero-order valence-corrected chi connectivity index (χ0v) is 12.2. The van der Waals surface area contributed by atoms with Crippen LogP contribution in [0.5, 0.6) is 0 Å². The average Bonchev–Trinajstić information content (AvgIpc) is 2.27. The van der Waals surface area contributed by atoms with E-state index < -0.39 is 0 Å². The third-order valence-electron chi connectivity index (χ3n) is 3.63. The van der Waals surface area contributed by atoms with Crippen LogP contribution in [0.4, 0.5) is 5.69 Å². The lowest BCUT2D eigenvalue weighted by Gasteiger charge is -2.22. The molecule has 1 aromatic carbocycles. The summed E-state index contributed by atoms with van der Waals surface area (Å²) in [4.78, 5) is 0. The summed E-state index contributed by atoms with van der Waals surface area (Å²) in [5.41, 5.74) is 2.58. The summed E-state index contributed by atoms with van der Waals surface area (Å²) in [7, 11) is 0. The summed E-state index contributed by atoms with van der Waals surface area (Å²) in [5.74, 6) is 0. The largest absolute Gasteiger partial charge is 0.382 e. The Morgan fingerprint density at radius 2 is 1.71 bits per heavy atom. The van der Waals surface area contributed by atoms with Crippen LogP contribution < -0.4 is 5.32 Å². The van der Waals surface area contributed by atoms with Gasteiger partial charge >= 0.3 is 0 Å². The molecule has 0 aliphatic heterocycles. The Balaban J connectivity index is 1.95. The predicted molar refractivity (Wildman–Crippen MR) is 78.6 cm³/mol. The van der Waals surface area contributed by atoms with E-state index in [9.17, 15) is 0 Å². The van der Waals surface area contributed by atoms with Crippen LogP contribution in [-0.2, 0) is 0 Å². The van der Waals surface area contributed by atoms with Crippen LogP contribution in [0.1, 0.15) is 50.5 Å². The van der Waals surface area contributed by atoms with Crippen molar-refractivity contribution < 1.29 is 0 Å². The quantitative estimate of drug-likeness (QED) is 0.782. The molecule has 2 rings (SSSR count). The predicted octanol–water partition coefficient (Wildman–Crippen LogP) is 5.28. The number of anilines is 1. The molecule has 0 heterocycles. The Labute approximate surface area is 113 Å². The Kier molecular flexibility index (Phi) is 4.90. The molecule has 1 nitrogen and oxygen atoms in total. The number of hydrogen-bond donors (Lipinski definition) is 1. The lowest BCUT2D eigenvalue weighted by molar-refractivity contribution is 0.471. The SMILES string of the molecule is Cc1cc(NC2CCCCCCC2)ccc1Br. The average molecular weight is 296 g/mol. The Hall–Kier alpha value is -0.500. The second-order valence-corrected chi connectivity index (χ2v) is 6.00. The van der Waals surface area contributed by atoms with E-state index in [2.05, 4.69) is 46.4 Å². The summed E-state index contributed by atoms with van der Waals surface area (Å²) >= 11 is 3.55. The molecule has 1 aliphatic rings. The van der Waals surface area contributed by atoms with Crippen LogP contribution in [0.2, 0.25) is 0 Å². The molecule has 17 heavy (non-hydrogen) atoms. The van der Waals surface area contributed by atoms with Crippen LogP contribution in [0.3, 0.4) is 0 Å². The molecule has 0 atom stereocenters. The minimum Gasteiger partial charge on any atom is -0.382 e. The van der Waals surface area contributed by atoms with Crippen LogP contribution >= 0.6 is 15.9 Å². The Morgan fingerprint density at radius 3 is 2.35 bits per heavy atom. The first-order valence-electron chi connectivity index (χ1n) is 6.78. The molecular formula is C15H22BrN. The highest BCUT2D eigenvalue weighted by atomic mass is 79.9. The van der Waals surface area contributed by atoms with E-state index in [0.717, 1.165) is 0 Å². The van der Waals surface area contributed by atoms with Gasteiger partial charge in [-0.25, -0.2) is 0 Å². The standard InChI is InChI=1S/C15H22BrN/c1-12-11-14(9-10-15(12)16)17-13-7-5-3-2-4-6-8-13/h9-11,13,17H,2-8H2,1H3. The molecule has 0 saturated heterocycles. The first-order chi connectivity index (χ1) is 8.25. The number of nitrogens with one attached hydrogen (secondary N) is 1. The van der Waals surface area contributed by atoms with Crippen molar-refractivity contribution in [3.8, 4) is 0 Å². The lowest BCUT2D eigenvalue weighted by atomic mass is 9.96. The van der Waals surface area contributed by atoms with Crippen molar-refractivity contribution in [3.05, 3.63) is 28.2 Å². The molecule has 0 spiro atoms. The Morgan fingerprint density at radius 1 is 1.06 bits per heavy atom. The van der Waals surface area contributed by atoms with Gasteiger partial charge in [-0.1, -0.05) is 48.0 Å². The molecule has 2 heteroatoms. The molecule has 94 valence electrons. The fraction of sp³-hybridized carbons (Fsp3) is 0.600. The van der Waals surface area contributed by atoms with Gasteiger partial charge in [-0.3, -0.25) is 0 Å². The molecule has 0 aromatic heterocycles. The number of halogens is 1. The maximum Gasteiger partial charge on any atom is 0.0345 e. The molecular weight excluding hydrogens is 274 g/mol. The van der Waals surface area contributed by atoms with Gasteiger partial charge in [-0.15, -0.1) is 0 Å². The second-order valence-electron chi connectivity index (χ2n) is 5.15. The van der Waals surface area contributed by atoms with Gasteiger partial charge in [-0.2, -0.15) is 0 Å². The zero-order valence-electron chi connectivity index (χ0n) is 10.6. The van der Waals surface area contributed by atoms with E-state index in [1.165, 1.54) is 60.7 Å². The van der Waals surface area contributed by atoms with Crippen molar-refractivity contribution in [2.45, 2.75) is 57.9 Å². The van der Waals surface area contributed by atoms with Crippen LogP contribution in [-0.4, -0.2) is 6.04 Å². The van der Waals surface area contributed by atoms with E-state index in [1.807, 2.05) is 0 Å². The van der Waals surface area contributed by atoms with Gasteiger partial charge in [0.15, 0.2) is 0 Å². The fourth-order valence-corrected chi connectivity index (χ4v) is 2.82. The second kappa shape index (κ2) is 6.44. The number of aryl methyl sites for hydroxylation is 1. The van der Waals surface area contributed by atoms with Crippen molar-refractivity contribution in [1.29, 1.82) is 0 Å². The molecule has 1 N–H and O–H groups in total. The smallest absolute Gasteiger partial charge is 0.0345 e. The molecule has 1 saturated carbocycles. The number of rotatable bonds is 2. The molecule has 0 amide bonds.